The average Bonchev–Trinajstić information content (AvgIpc) is 3.04. The van der Waals surface area contributed by atoms with Crippen LogP contribution in [0.5, 0.6) is 0 Å². The first-order valence-electron chi connectivity index (χ1n) is 13.6. The number of allylic oxidation sites excluding steroid dienone is 1. The summed E-state index contributed by atoms with van der Waals surface area (Å²) in [6, 6.07) is 50.1. The highest BCUT2D eigenvalue weighted by molar-refractivity contribution is 9.11. The Balaban J connectivity index is 0.000000187. The predicted octanol–water partition coefficient (Wildman–Crippen LogP) is 11.3. The molecule has 5 aromatic carbocycles. The Morgan fingerprint density at radius 2 is 1.18 bits per heavy atom. The third-order valence-corrected chi connectivity index (χ3v) is 7.71. The van der Waals surface area contributed by atoms with E-state index in [-0.39, 0.29) is 5.92 Å². The van der Waals surface area contributed by atoms with E-state index in [1.165, 1.54) is 5.56 Å². The highest BCUT2D eigenvalue weighted by atomic mass is 79.9. The van der Waals surface area contributed by atoms with E-state index in [9.17, 15) is 10.5 Å². The van der Waals surface area contributed by atoms with E-state index in [1.807, 2.05) is 127 Å². The first-order valence-corrected chi connectivity index (χ1v) is 16.0. The minimum absolute atomic E-state index is 0.0881. The summed E-state index contributed by atoms with van der Waals surface area (Å²) in [6.07, 6.45) is 3.13. The van der Waals surface area contributed by atoms with Gasteiger partial charge in [0.05, 0.1) is 36.1 Å². The number of nitrogens with zero attached hydrogens (tertiary/aromatic N) is 3. The molecule has 0 aromatic heterocycles. The van der Waals surface area contributed by atoms with Gasteiger partial charge in [0.2, 0.25) is 0 Å². The molecule has 3 nitrogen and oxygen atoms in total. The first-order chi connectivity index (χ1) is 21.4. The molecule has 5 rings (SSSR count). The van der Waals surface area contributed by atoms with E-state index in [2.05, 4.69) is 78.1 Å². The molecule has 0 spiro atoms. The van der Waals surface area contributed by atoms with Crippen molar-refractivity contribution >= 4 is 59.4 Å². The van der Waals surface area contributed by atoms with E-state index < -0.39 is 0 Å². The third-order valence-electron chi connectivity index (χ3n) is 6.23. The monoisotopic (exact) mass is 763 g/mol. The normalized spacial score (nSPS) is 10.8. The maximum absolute atomic E-state index is 9.27. The molecule has 1 atom stereocenters. The first kappa shape index (κ1) is 34.2. The summed E-state index contributed by atoms with van der Waals surface area (Å²) in [5, 5.41) is 26.8. The quantitative estimate of drug-likeness (QED) is 0.128. The van der Waals surface area contributed by atoms with Crippen molar-refractivity contribution in [1.29, 1.82) is 15.8 Å². The van der Waals surface area contributed by atoms with Gasteiger partial charge in [0.25, 0.3) is 0 Å². The fraction of sp³-hybridized carbons (Fsp3) is 0.0789. The van der Waals surface area contributed by atoms with E-state index in [4.69, 9.17) is 5.26 Å². The molecule has 216 valence electrons. The van der Waals surface area contributed by atoms with E-state index in [0.29, 0.717) is 12.0 Å². The van der Waals surface area contributed by atoms with Crippen LogP contribution in [0.2, 0.25) is 0 Å². The molecule has 0 aliphatic carbocycles. The molecule has 0 N–H and O–H groups in total. The van der Waals surface area contributed by atoms with Crippen LogP contribution < -0.4 is 0 Å². The Bertz CT molecular complexity index is 1780. The van der Waals surface area contributed by atoms with Crippen LogP contribution in [0, 0.1) is 34.0 Å². The van der Waals surface area contributed by atoms with Crippen molar-refractivity contribution < 1.29 is 0 Å². The molecule has 0 saturated heterocycles. The minimum Gasteiger partial charge on any atom is -0.198 e. The zero-order valence-electron chi connectivity index (χ0n) is 23.7. The fourth-order valence-electron chi connectivity index (χ4n) is 4.10. The molecule has 0 heterocycles. The predicted molar refractivity (Wildman–Crippen MR) is 190 cm³/mol. The molecular formula is C38H28Br3N3. The Labute approximate surface area is 285 Å². The second-order valence-electron chi connectivity index (χ2n) is 9.48. The van der Waals surface area contributed by atoms with Crippen molar-refractivity contribution in [2.24, 2.45) is 0 Å². The van der Waals surface area contributed by atoms with Gasteiger partial charge in [-0.15, -0.1) is 0 Å². The lowest BCUT2D eigenvalue weighted by Crippen LogP contribution is -2.00. The smallest absolute Gasteiger partial charge is 0.0998 e. The van der Waals surface area contributed by atoms with Gasteiger partial charge in [-0.3, -0.25) is 0 Å². The van der Waals surface area contributed by atoms with Crippen molar-refractivity contribution in [3.8, 4) is 18.2 Å². The summed E-state index contributed by atoms with van der Waals surface area (Å²) in [4.78, 5) is 0. The van der Waals surface area contributed by atoms with E-state index >= 15 is 0 Å². The van der Waals surface area contributed by atoms with Gasteiger partial charge in [0.1, 0.15) is 0 Å². The molecule has 0 amide bonds. The van der Waals surface area contributed by atoms with Gasteiger partial charge in [-0.25, -0.2) is 0 Å². The van der Waals surface area contributed by atoms with Gasteiger partial charge < -0.3 is 0 Å². The SMILES string of the molecule is N#C/C(=C\c1ccccc1)c1cccc(Br)c1.N#CC(Cc1ccccc1)c1cccc(Br)c1.N#CCc1cccc(Br)c1. The van der Waals surface area contributed by atoms with Crippen molar-refractivity contribution in [2.45, 2.75) is 18.8 Å². The zero-order valence-corrected chi connectivity index (χ0v) is 28.5. The summed E-state index contributed by atoms with van der Waals surface area (Å²) >= 11 is 10.2. The Morgan fingerprint density at radius 3 is 1.75 bits per heavy atom. The van der Waals surface area contributed by atoms with E-state index in [0.717, 1.165) is 42.1 Å². The highest BCUT2D eigenvalue weighted by Gasteiger charge is 2.11. The van der Waals surface area contributed by atoms with Crippen LogP contribution >= 0.6 is 47.8 Å². The maximum Gasteiger partial charge on any atom is 0.0998 e. The highest BCUT2D eigenvalue weighted by Crippen LogP contribution is 2.23. The van der Waals surface area contributed by atoms with Gasteiger partial charge in [-0.1, -0.05) is 145 Å². The second-order valence-corrected chi connectivity index (χ2v) is 12.2. The number of halogens is 3. The zero-order chi connectivity index (χ0) is 31.6. The van der Waals surface area contributed by atoms with Crippen LogP contribution in [0.25, 0.3) is 11.6 Å². The summed E-state index contributed by atoms with van der Waals surface area (Å²) in [5.41, 5.74) is 5.92. The molecular weight excluding hydrogens is 738 g/mol. The molecule has 0 aliphatic heterocycles. The Morgan fingerprint density at radius 1 is 0.614 bits per heavy atom. The standard InChI is InChI=1S/C15H12BrN.C15H10BrN.C8H6BrN/c2*16-15-8-4-7-13(10-15)14(11-17)9-12-5-2-1-3-6-12;9-8-3-1-2-7(6-8)4-5-10/h1-8,10,14H,9H2;1-10H;1-3,6H,4H2/b;14-9+;. The molecule has 1 unspecified atom stereocenters. The van der Waals surface area contributed by atoms with E-state index in [1.54, 1.807) is 0 Å². The van der Waals surface area contributed by atoms with Gasteiger partial charge in [0, 0.05) is 13.4 Å². The van der Waals surface area contributed by atoms with Crippen molar-refractivity contribution in [3.05, 3.63) is 175 Å². The third kappa shape index (κ3) is 12.2. The molecule has 0 fully saturated rings. The van der Waals surface area contributed by atoms with Gasteiger partial charge in [0.15, 0.2) is 0 Å². The maximum atomic E-state index is 9.27. The lowest BCUT2D eigenvalue weighted by molar-refractivity contribution is 0.848. The van der Waals surface area contributed by atoms with Crippen LogP contribution in [0.4, 0.5) is 0 Å². The topological polar surface area (TPSA) is 71.4 Å². The Hall–Kier alpha value is -4.25. The number of rotatable bonds is 6. The summed E-state index contributed by atoms with van der Waals surface area (Å²) in [5.74, 6) is -0.0881. The van der Waals surface area contributed by atoms with Crippen molar-refractivity contribution in [2.75, 3.05) is 0 Å². The number of hydrogen-bond donors (Lipinski definition) is 0. The summed E-state index contributed by atoms with van der Waals surface area (Å²) in [6.45, 7) is 0. The molecule has 5 aromatic rings. The van der Waals surface area contributed by atoms with Crippen LogP contribution in [0.1, 0.15) is 33.7 Å². The molecule has 44 heavy (non-hydrogen) atoms. The number of hydrogen-bond acceptors (Lipinski definition) is 3. The molecule has 0 radical (unpaired) electrons. The van der Waals surface area contributed by atoms with Gasteiger partial charge >= 0.3 is 0 Å². The van der Waals surface area contributed by atoms with Crippen molar-refractivity contribution in [3.63, 3.8) is 0 Å². The molecule has 0 bridgehead atoms. The lowest BCUT2D eigenvalue weighted by atomic mass is 9.93. The number of benzene rings is 5. The van der Waals surface area contributed by atoms with Crippen LogP contribution in [0.15, 0.2) is 147 Å². The number of nitriles is 3. The summed E-state index contributed by atoms with van der Waals surface area (Å²) < 4.78 is 3.02. The fourth-order valence-corrected chi connectivity index (χ4v) is 5.36. The molecule has 0 saturated carbocycles. The Kier molecular flexibility index (Phi) is 14.9. The summed E-state index contributed by atoms with van der Waals surface area (Å²) in [7, 11) is 0. The van der Waals surface area contributed by atoms with Crippen LogP contribution in [-0.4, -0.2) is 0 Å². The lowest BCUT2D eigenvalue weighted by Gasteiger charge is -2.09. The average molecular weight is 766 g/mol. The molecule has 6 heteroatoms. The van der Waals surface area contributed by atoms with Crippen molar-refractivity contribution in [1.82, 2.24) is 0 Å². The second kappa shape index (κ2) is 19.1. The van der Waals surface area contributed by atoms with Gasteiger partial charge in [-0.2, -0.15) is 15.8 Å². The largest absolute Gasteiger partial charge is 0.198 e. The van der Waals surface area contributed by atoms with Gasteiger partial charge in [-0.05, 0) is 76.7 Å². The van der Waals surface area contributed by atoms with Crippen LogP contribution in [-0.2, 0) is 12.8 Å². The minimum atomic E-state index is -0.0881. The molecule has 0 aliphatic rings. The van der Waals surface area contributed by atoms with Crippen LogP contribution in [0.3, 0.4) is 0 Å².